The van der Waals surface area contributed by atoms with E-state index in [1.54, 1.807) is 13.0 Å². The van der Waals surface area contributed by atoms with Gasteiger partial charge in [-0.1, -0.05) is 35.4 Å². The average Bonchev–Trinajstić information content (AvgIpc) is 3.51. The zero-order valence-electron chi connectivity index (χ0n) is 19.7. The van der Waals surface area contributed by atoms with Gasteiger partial charge < -0.3 is 0 Å². The summed E-state index contributed by atoms with van der Waals surface area (Å²) < 4.78 is 82.8. The lowest BCUT2D eigenvalue weighted by molar-refractivity contribution is -0.919. The summed E-state index contributed by atoms with van der Waals surface area (Å²) in [7, 11) is 0. The van der Waals surface area contributed by atoms with Gasteiger partial charge in [0.25, 0.3) is 0 Å². The van der Waals surface area contributed by atoms with Crippen LogP contribution in [0.2, 0.25) is 5.15 Å². The van der Waals surface area contributed by atoms with E-state index in [1.807, 2.05) is 6.92 Å². The summed E-state index contributed by atoms with van der Waals surface area (Å²) >= 11 is 9.31. The van der Waals surface area contributed by atoms with E-state index in [4.69, 9.17) is 11.6 Å². The highest BCUT2D eigenvalue weighted by Crippen LogP contribution is 2.29. The fourth-order valence-electron chi connectivity index (χ4n) is 4.04. The number of nitrogens with one attached hydrogen (secondary N) is 1. The van der Waals surface area contributed by atoms with Crippen molar-refractivity contribution in [2.24, 2.45) is 5.10 Å². The van der Waals surface area contributed by atoms with Crippen molar-refractivity contribution >= 4 is 37.8 Å². The number of allylic oxidation sites excluding steroid dienone is 2. The van der Waals surface area contributed by atoms with Crippen LogP contribution in [-0.4, -0.2) is 40.2 Å². The summed E-state index contributed by atoms with van der Waals surface area (Å²) in [6, 6.07) is 2.53. The van der Waals surface area contributed by atoms with Gasteiger partial charge >= 0.3 is 12.4 Å². The third-order valence-electron chi connectivity index (χ3n) is 5.68. The molecule has 0 fully saturated rings. The number of nitrogens with zero attached hydrogens (tertiary/aromatic N) is 7. The Morgan fingerprint density at radius 1 is 1.03 bits per heavy atom. The second kappa shape index (κ2) is 9.91. The summed E-state index contributed by atoms with van der Waals surface area (Å²) in [6.45, 7) is 5.07. The molecule has 0 spiro atoms. The standard InChI is InChI=1S/C21H20BrClF6N8/c1-4-13-7-17(23)32-34(13)9-12-10-35(30-14(12)8-20(24,25)26)18-15(5-2)37(33-19(18)22)36-11(3)6-16(31-36)21(27,28)29/h6-7,10H,4-5,8-9H2,1-3H3/p+1. The van der Waals surface area contributed by atoms with Crippen molar-refractivity contribution in [2.45, 2.75) is 58.9 Å². The molecule has 0 aliphatic carbocycles. The molecule has 0 amide bonds. The monoisotopic (exact) mass is 613 g/mol. The molecule has 0 aromatic carbocycles. The van der Waals surface area contributed by atoms with E-state index in [9.17, 15) is 26.3 Å². The fraction of sp³-hybridized carbons (Fsp3) is 0.429. The lowest BCUT2D eigenvalue weighted by Gasteiger charge is -2.12. The predicted octanol–water partition coefficient (Wildman–Crippen LogP) is 4.62. The van der Waals surface area contributed by atoms with Gasteiger partial charge in [-0.15, -0.1) is 5.10 Å². The minimum atomic E-state index is -4.65. The number of hydrogen-bond acceptors (Lipinski definition) is 4. The normalized spacial score (nSPS) is 16.7. The summed E-state index contributed by atoms with van der Waals surface area (Å²) in [5.74, 6) is 0. The molecule has 1 atom stereocenters. The molecule has 0 saturated heterocycles. The highest BCUT2D eigenvalue weighted by Gasteiger charge is 2.40. The van der Waals surface area contributed by atoms with E-state index in [-0.39, 0.29) is 38.4 Å². The number of halogens is 8. The van der Waals surface area contributed by atoms with Crippen molar-refractivity contribution in [3.05, 3.63) is 57.5 Å². The third-order valence-corrected chi connectivity index (χ3v) is 6.41. The van der Waals surface area contributed by atoms with Crippen molar-refractivity contribution < 1.29 is 31.5 Å². The maximum Gasteiger partial charge on any atom is 0.435 e. The molecule has 1 aliphatic rings. The van der Waals surface area contributed by atoms with Gasteiger partial charge in [-0.3, -0.25) is 4.68 Å². The van der Waals surface area contributed by atoms with E-state index in [0.29, 0.717) is 24.2 Å². The van der Waals surface area contributed by atoms with Crippen LogP contribution >= 0.6 is 27.5 Å². The first-order chi connectivity index (χ1) is 17.2. The van der Waals surface area contributed by atoms with Crippen LogP contribution in [0, 0.1) is 6.92 Å². The number of aryl methyl sites for hydroxylation is 2. The molecular weight excluding hydrogens is 594 g/mol. The van der Waals surface area contributed by atoms with Gasteiger partial charge in [-0.25, -0.2) is 4.68 Å². The third kappa shape index (κ3) is 5.62. The maximum absolute atomic E-state index is 13.4. The molecule has 0 saturated carbocycles. The summed E-state index contributed by atoms with van der Waals surface area (Å²) in [5, 5.41) is 16.7. The lowest BCUT2D eigenvalue weighted by atomic mass is 10.2. The average molecular weight is 615 g/mol. The Hall–Kier alpha value is -2.65. The predicted molar refractivity (Wildman–Crippen MR) is 126 cm³/mol. The molecule has 4 heterocycles. The fourth-order valence-corrected chi connectivity index (χ4v) is 4.84. The van der Waals surface area contributed by atoms with Crippen molar-refractivity contribution in [3.63, 3.8) is 0 Å². The van der Waals surface area contributed by atoms with Gasteiger partial charge in [0.05, 0.1) is 24.4 Å². The summed E-state index contributed by atoms with van der Waals surface area (Å²) in [6.07, 6.45) is -8.15. The quantitative estimate of drug-likeness (QED) is 0.395. The van der Waals surface area contributed by atoms with Crippen LogP contribution in [0.15, 0.2) is 29.1 Å². The first-order valence-corrected chi connectivity index (χ1v) is 12.2. The molecule has 3 aromatic rings. The van der Waals surface area contributed by atoms with Crippen LogP contribution in [0.4, 0.5) is 26.3 Å². The van der Waals surface area contributed by atoms with Gasteiger partial charge in [0.2, 0.25) is 0 Å². The highest BCUT2D eigenvalue weighted by atomic mass is 79.9. The van der Waals surface area contributed by atoms with Crippen LogP contribution in [0.1, 0.15) is 48.6 Å². The van der Waals surface area contributed by atoms with E-state index >= 15 is 0 Å². The smallest absolute Gasteiger partial charge is 0.264 e. The number of alkyl halides is 6. The molecule has 0 bridgehead atoms. The molecule has 4 rings (SSSR count). The number of rotatable bonds is 7. The molecule has 200 valence electrons. The second-order valence-electron chi connectivity index (χ2n) is 8.29. The van der Waals surface area contributed by atoms with E-state index in [0.717, 1.165) is 16.6 Å². The van der Waals surface area contributed by atoms with Gasteiger partial charge in [0.15, 0.2) is 26.9 Å². The summed E-state index contributed by atoms with van der Waals surface area (Å²) in [4.78, 5) is 1.07. The van der Waals surface area contributed by atoms with Crippen LogP contribution in [0.5, 0.6) is 0 Å². The zero-order chi connectivity index (χ0) is 27.3. The van der Waals surface area contributed by atoms with Gasteiger partial charge in [0.1, 0.15) is 0 Å². The van der Waals surface area contributed by atoms with Gasteiger partial charge in [-0.05, 0) is 46.5 Å². The molecule has 1 aliphatic heterocycles. The molecule has 8 nitrogen and oxygen atoms in total. The molecule has 37 heavy (non-hydrogen) atoms. The molecule has 0 radical (unpaired) electrons. The lowest BCUT2D eigenvalue weighted by Crippen LogP contribution is -3.08. The molecule has 1 unspecified atom stereocenters. The Labute approximate surface area is 220 Å². The van der Waals surface area contributed by atoms with Crippen LogP contribution in [0.3, 0.4) is 0 Å². The zero-order valence-corrected chi connectivity index (χ0v) is 22.1. The largest absolute Gasteiger partial charge is 0.435 e. The number of aromatic nitrogens is 6. The first kappa shape index (κ1) is 27.4. The minimum absolute atomic E-state index is 0.00537. The van der Waals surface area contributed by atoms with E-state index in [1.165, 1.54) is 22.5 Å². The Kier molecular flexibility index (Phi) is 7.33. The molecule has 16 heteroatoms. The minimum Gasteiger partial charge on any atom is -0.264 e. The Bertz CT molecular complexity index is 1380. The molecule has 3 aromatic heterocycles. The summed E-state index contributed by atoms with van der Waals surface area (Å²) in [5.41, 5.74) is 0.663. The SMILES string of the molecule is CCC1=C(n2cc(Cn3nc(Cl)cc3CC)c(CC(F)(F)F)n2)C(Br)=N[NH+]1n1nc(C(F)(F)F)cc1C. The van der Waals surface area contributed by atoms with Crippen molar-refractivity contribution in [2.75, 3.05) is 0 Å². The molecule has 1 N–H and O–H groups in total. The number of quaternary nitrogens is 1. The maximum atomic E-state index is 13.4. The van der Waals surface area contributed by atoms with Crippen molar-refractivity contribution in [1.29, 1.82) is 0 Å². The molecular formula is C21H21BrClF6N8+. The van der Waals surface area contributed by atoms with E-state index in [2.05, 4.69) is 36.3 Å². The number of hydrogen-bond donors (Lipinski definition) is 1. The van der Waals surface area contributed by atoms with Crippen LogP contribution in [-0.2, 0) is 25.6 Å². The topological polar surface area (TPSA) is 70.3 Å². The van der Waals surface area contributed by atoms with Crippen LogP contribution in [0.25, 0.3) is 5.70 Å². The van der Waals surface area contributed by atoms with Gasteiger partial charge in [-0.2, -0.15) is 36.5 Å². The highest BCUT2D eigenvalue weighted by molar-refractivity contribution is 9.18. The van der Waals surface area contributed by atoms with E-state index < -0.39 is 24.5 Å². The Morgan fingerprint density at radius 3 is 2.30 bits per heavy atom. The Balaban J connectivity index is 1.80. The van der Waals surface area contributed by atoms with Gasteiger partial charge in [0, 0.05) is 23.9 Å². The van der Waals surface area contributed by atoms with Crippen LogP contribution < -0.4 is 5.12 Å². The van der Waals surface area contributed by atoms with Crippen molar-refractivity contribution in [1.82, 2.24) is 29.5 Å². The second-order valence-corrected chi connectivity index (χ2v) is 9.43. The first-order valence-electron chi connectivity index (χ1n) is 11.1. The van der Waals surface area contributed by atoms with Crippen molar-refractivity contribution in [3.8, 4) is 0 Å². The Morgan fingerprint density at radius 2 is 1.73 bits per heavy atom.